The summed E-state index contributed by atoms with van der Waals surface area (Å²) in [5.41, 5.74) is 8.97. The molecule has 2 N–H and O–H groups in total. The summed E-state index contributed by atoms with van der Waals surface area (Å²) in [5.74, 6) is 0.875. The van der Waals surface area contributed by atoms with E-state index in [0.29, 0.717) is 0 Å². The minimum atomic E-state index is 0.758. The van der Waals surface area contributed by atoms with Crippen molar-refractivity contribution in [3.63, 3.8) is 0 Å². The molecule has 1 aromatic heterocycles. The predicted molar refractivity (Wildman–Crippen MR) is 101 cm³/mol. The highest BCUT2D eigenvalue weighted by Gasteiger charge is 2.19. The Balaban J connectivity index is 1.34. The molecule has 3 aromatic rings. The Hall–Kier alpha value is -2.77. The van der Waals surface area contributed by atoms with Gasteiger partial charge in [0, 0.05) is 38.4 Å². The molecule has 0 radical (unpaired) electrons. The van der Waals surface area contributed by atoms with Crippen LogP contribution in [-0.4, -0.2) is 56.2 Å². The van der Waals surface area contributed by atoms with Gasteiger partial charge < -0.3 is 5.73 Å². The highest BCUT2D eigenvalue weighted by atomic mass is 15.5. The predicted octanol–water partition coefficient (Wildman–Crippen LogP) is 1.56. The zero-order valence-electron chi connectivity index (χ0n) is 14.7. The fourth-order valence-electron chi connectivity index (χ4n) is 3.33. The lowest BCUT2D eigenvalue weighted by Gasteiger charge is -2.34. The lowest BCUT2D eigenvalue weighted by molar-refractivity contribution is 0.119. The standard InChI is InChI=1S/C19H23N7/c20-17-6-4-5-16(13-17)14-24-9-11-25(12-10-24)15-19-21-22-23-26(19)18-7-2-1-3-8-18/h1-8,13H,9-12,14-15,20H2. The number of aromatic nitrogens is 4. The zero-order valence-corrected chi connectivity index (χ0v) is 14.7. The van der Waals surface area contributed by atoms with Crippen molar-refractivity contribution in [1.82, 2.24) is 30.0 Å². The fourth-order valence-corrected chi connectivity index (χ4v) is 3.33. The van der Waals surface area contributed by atoms with Crippen LogP contribution in [0.3, 0.4) is 0 Å². The van der Waals surface area contributed by atoms with E-state index < -0.39 is 0 Å². The molecule has 4 rings (SSSR count). The Morgan fingerprint density at radius 1 is 0.846 bits per heavy atom. The van der Waals surface area contributed by atoms with E-state index in [1.54, 1.807) is 0 Å². The molecular formula is C19H23N7. The highest BCUT2D eigenvalue weighted by molar-refractivity contribution is 5.40. The van der Waals surface area contributed by atoms with Gasteiger partial charge in [0.05, 0.1) is 12.2 Å². The molecule has 0 saturated carbocycles. The van der Waals surface area contributed by atoms with Gasteiger partial charge in [0.25, 0.3) is 0 Å². The van der Waals surface area contributed by atoms with Gasteiger partial charge in [-0.15, -0.1) is 5.10 Å². The van der Waals surface area contributed by atoms with Crippen molar-refractivity contribution in [3.8, 4) is 5.69 Å². The molecule has 1 aliphatic rings. The van der Waals surface area contributed by atoms with Crippen LogP contribution in [0.25, 0.3) is 5.69 Å². The van der Waals surface area contributed by atoms with E-state index >= 15 is 0 Å². The van der Waals surface area contributed by atoms with Crippen LogP contribution in [0.2, 0.25) is 0 Å². The molecule has 26 heavy (non-hydrogen) atoms. The number of rotatable bonds is 5. The number of nitrogen functional groups attached to an aromatic ring is 1. The minimum absolute atomic E-state index is 0.758. The second-order valence-electron chi connectivity index (χ2n) is 6.64. The van der Waals surface area contributed by atoms with Crippen LogP contribution >= 0.6 is 0 Å². The van der Waals surface area contributed by atoms with Gasteiger partial charge in [-0.1, -0.05) is 30.3 Å². The molecule has 1 saturated heterocycles. The van der Waals surface area contributed by atoms with E-state index in [1.807, 2.05) is 47.1 Å². The maximum Gasteiger partial charge on any atom is 0.170 e. The summed E-state index contributed by atoms with van der Waals surface area (Å²) in [6, 6.07) is 18.2. The molecule has 0 bridgehead atoms. The van der Waals surface area contributed by atoms with Crippen LogP contribution in [0, 0.1) is 0 Å². The van der Waals surface area contributed by atoms with Gasteiger partial charge >= 0.3 is 0 Å². The average Bonchev–Trinajstić information content (AvgIpc) is 3.12. The highest BCUT2D eigenvalue weighted by Crippen LogP contribution is 2.14. The Bertz CT molecular complexity index is 838. The number of para-hydroxylation sites is 1. The van der Waals surface area contributed by atoms with Crippen LogP contribution < -0.4 is 5.73 Å². The van der Waals surface area contributed by atoms with Crippen molar-refractivity contribution in [2.45, 2.75) is 13.1 Å². The van der Waals surface area contributed by atoms with E-state index in [0.717, 1.165) is 56.5 Å². The number of tetrazole rings is 1. The summed E-state index contributed by atoms with van der Waals surface area (Å²) in [7, 11) is 0. The topological polar surface area (TPSA) is 76.1 Å². The normalized spacial score (nSPS) is 16.0. The van der Waals surface area contributed by atoms with Crippen molar-refractivity contribution >= 4 is 5.69 Å². The first kappa shape index (κ1) is 16.7. The number of hydrogen-bond donors (Lipinski definition) is 1. The van der Waals surface area contributed by atoms with E-state index in [-0.39, 0.29) is 0 Å². The molecule has 0 spiro atoms. The smallest absolute Gasteiger partial charge is 0.170 e. The Morgan fingerprint density at radius 2 is 1.58 bits per heavy atom. The van der Waals surface area contributed by atoms with Crippen molar-refractivity contribution in [1.29, 1.82) is 0 Å². The number of hydrogen-bond acceptors (Lipinski definition) is 6. The van der Waals surface area contributed by atoms with Crippen LogP contribution in [0.4, 0.5) is 5.69 Å². The number of nitrogens with zero attached hydrogens (tertiary/aromatic N) is 6. The molecule has 7 nitrogen and oxygen atoms in total. The van der Waals surface area contributed by atoms with Crippen LogP contribution in [-0.2, 0) is 13.1 Å². The molecule has 0 amide bonds. The van der Waals surface area contributed by atoms with Crippen molar-refractivity contribution in [3.05, 3.63) is 66.0 Å². The van der Waals surface area contributed by atoms with Gasteiger partial charge in [0.2, 0.25) is 0 Å². The summed E-state index contributed by atoms with van der Waals surface area (Å²) in [6.45, 7) is 5.77. The van der Waals surface area contributed by atoms with Gasteiger partial charge in [-0.05, 0) is 40.3 Å². The summed E-state index contributed by atoms with van der Waals surface area (Å²) in [6.07, 6.45) is 0. The average molecular weight is 349 g/mol. The van der Waals surface area contributed by atoms with E-state index in [2.05, 4.69) is 37.5 Å². The number of anilines is 1. The first-order chi connectivity index (χ1) is 12.8. The van der Waals surface area contributed by atoms with Crippen LogP contribution in [0.1, 0.15) is 11.4 Å². The van der Waals surface area contributed by atoms with Crippen molar-refractivity contribution in [2.75, 3.05) is 31.9 Å². The number of piperazine rings is 1. The van der Waals surface area contributed by atoms with E-state index in [4.69, 9.17) is 5.73 Å². The number of benzene rings is 2. The first-order valence-corrected chi connectivity index (χ1v) is 8.90. The second kappa shape index (κ2) is 7.63. The number of nitrogens with two attached hydrogens (primary N) is 1. The van der Waals surface area contributed by atoms with Crippen molar-refractivity contribution in [2.24, 2.45) is 0 Å². The van der Waals surface area contributed by atoms with E-state index in [9.17, 15) is 0 Å². The molecule has 1 fully saturated rings. The lowest BCUT2D eigenvalue weighted by Crippen LogP contribution is -2.45. The SMILES string of the molecule is Nc1cccc(CN2CCN(Cc3nnnn3-c3ccccc3)CC2)c1. The van der Waals surface area contributed by atoms with Gasteiger partial charge in [0.1, 0.15) is 0 Å². The van der Waals surface area contributed by atoms with Crippen LogP contribution in [0.5, 0.6) is 0 Å². The minimum Gasteiger partial charge on any atom is -0.399 e. The Labute approximate surface area is 153 Å². The van der Waals surface area contributed by atoms with Gasteiger partial charge in [-0.2, -0.15) is 4.68 Å². The van der Waals surface area contributed by atoms with Gasteiger partial charge in [-0.3, -0.25) is 9.80 Å². The zero-order chi connectivity index (χ0) is 17.8. The maximum atomic E-state index is 5.88. The molecule has 7 heteroatoms. The first-order valence-electron chi connectivity index (χ1n) is 8.90. The molecule has 0 unspecified atom stereocenters. The quantitative estimate of drug-likeness (QED) is 0.705. The Morgan fingerprint density at radius 3 is 2.31 bits per heavy atom. The second-order valence-corrected chi connectivity index (χ2v) is 6.64. The molecule has 1 aliphatic heterocycles. The molecule has 0 atom stereocenters. The third-order valence-corrected chi connectivity index (χ3v) is 4.72. The monoisotopic (exact) mass is 349 g/mol. The molecule has 2 heterocycles. The van der Waals surface area contributed by atoms with E-state index in [1.165, 1.54) is 5.56 Å². The third kappa shape index (κ3) is 3.89. The molecule has 0 aliphatic carbocycles. The lowest BCUT2D eigenvalue weighted by atomic mass is 10.2. The third-order valence-electron chi connectivity index (χ3n) is 4.72. The molecule has 2 aromatic carbocycles. The summed E-state index contributed by atoms with van der Waals surface area (Å²) in [4.78, 5) is 4.87. The van der Waals surface area contributed by atoms with Crippen molar-refractivity contribution < 1.29 is 0 Å². The molecular weight excluding hydrogens is 326 g/mol. The molecule has 134 valence electrons. The maximum absolute atomic E-state index is 5.88. The summed E-state index contributed by atoms with van der Waals surface area (Å²) < 4.78 is 1.82. The Kier molecular flexibility index (Phi) is 4.90. The summed E-state index contributed by atoms with van der Waals surface area (Å²) >= 11 is 0. The summed E-state index contributed by atoms with van der Waals surface area (Å²) in [5, 5.41) is 12.2. The van der Waals surface area contributed by atoms with Gasteiger partial charge in [-0.25, -0.2) is 0 Å². The largest absolute Gasteiger partial charge is 0.399 e. The van der Waals surface area contributed by atoms with Gasteiger partial charge in [0.15, 0.2) is 5.82 Å². The van der Waals surface area contributed by atoms with Crippen LogP contribution in [0.15, 0.2) is 54.6 Å². The fraction of sp³-hybridized carbons (Fsp3) is 0.316.